The van der Waals surface area contributed by atoms with Crippen LogP contribution in [0.1, 0.15) is 30.4 Å². The van der Waals surface area contributed by atoms with Crippen molar-refractivity contribution in [3.8, 4) is 0 Å². The van der Waals surface area contributed by atoms with E-state index in [9.17, 15) is 0 Å². The third kappa shape index (κ3) is 2.62. The summed E-state index contributed by atoms with van der Waals surface area (Å²) in [4.78, 5) is 1.35. The van der Waals surface area contributed by atoms with Crippen LogP contribution < -0.4 is 0 Å². The monoisotopic (exact) mass is 266 g/mol. The molecule has 0 saturated heterocycles. The highest BCUT2D eigenvalue weighted by molar-refractivity contribution is 7.98. The fraction of sp³-hybridized carbons (Fsp3) is 0.222. The zero-order chi connectivity index (χ0) is 13.1. The summed E-state index contributed by atoms with van der Waals surface area (Å²) in [6.07, 6.45) is 5.84. The van der Waals surface area contributed by atoms with E-state index < -0.39 is 0 Å². The highest BCUT2D eigenvalue weighted by Crippen LogP contribution is 2.40. The zero-order valence-electron chi connectivity index (χ0n) is 11.2. The molecule has 0 aromatic heterocycles. The van der Waals surface area contributed by atoms with Crippen molar-refractivity contribution >= 4 is 22.9 Å². The first kappa shape index (κ1) is 12.6. The molecule has 0 atom stereocenters. The second-order valence-electron chi connectivity index (χ2n) is 4.91. The first-order valence-corrected chi connectivity index (χ1v) is 8.03. The lowest BCUT2D eigenvalue weighted by atomic mass is 9.97. The SMILES string of the molecule is CSc1cccc(C2=C(c3ccccc3)CCC2)c1. The van der Waals surface area contributed by atoms with Crippen LogP contribution >= 0.6 is 11.8 Å². The van der Waals surface area contributed by atoms with Crippen molar-refractivity contribution in [1.82, 2.24) is 0 Å². The third-order valence-corrected chi connectivity index (χ3v) is 4.48. The quantitative estimate of drug-likeness (QED) is 0.661. The summed E-state index contributed by atoms with van der Waals surface area (Å²) < 4.78 is 0. The summed E-state index contributed by atoms with van der Waals surface area (Å²) in [5.74, 6) is 0. The summed E-state index contributed by atoms with van der Waals surface area (Å²) in [6, 6.07) is 19.8. The van der Waals surface area contributed by atoms with E-state index in [0.29, 0.717) is 0 Å². The Balaban J connectivity index is 2.06. The smallest absolute Gasteiger partial charge is 0.00751 e. The predicted octanol–water partition coefficient (Wildman–Crippen LogP) is 5.50. The number of rotatable bonds is 3. The second-order valence-corrected chi connectivity index (χ2v) is 5.79. The van der Waals surface area contributed by atoms with Crippen LogP contribution in [0.5, 0.6) is 0 Å². The molecule has 0 unspecified atom stereocenters. The van der Waals surface area contributed by atoms with E-state index in [4.69, 9.17) is 0 Å². The van der Waals surface area contributed by atoms with Crippen LogP contribution in [0.4, 0.5) is 0 Å². The summed E-state index contributed by atoms with van der Waals surface area (Å²) >= 11 is 1.82. The van der Waals surface area contributed by atoms with E-state index in [0.717, 1.165) is 0 Å². The van der Waals surface area contributed by atoms with Crippen LogP contribution in [0.3, 0.4) is 0 Å². The molecule has 1 aliphatic rings. The molecular formula is C18H18S. The van der Waals surface area contributed by atoms with Gasteiger partial charge in [-0.3, -0.25) is 0 Å². The minimum Gasteiger partial charge on any atom is -0.130 e. The maximum absolute atomic E-state index is 2.33. The van der Waals surface area contributed by atoms with Crippen molar-refractivity contribution in [1.29, 1.82) is 0 Å². The molecule has 2 aromatic rings. The van der Waals surface area contributed by atoms with Crippen LogP contribution in [-0.4, -0.2) is 6.26 Å². The first-order valence-electron chi connectivity index (χ1n) is 6.80. The van der Waals surface area contributed by atoms with Crippen molar-refractivity contribution < 1.29 is 0 Å². The van der Waals surface area contributed by atoms with Crippen LogP contribution in [0.25, 0.3) is 11.1 Å². The van der Waals surface area contributed by atoms with E-state index in [1.165, 1.54) is 35.3 Å². The number of allylic oxidation sites excluding steroid dienone is 2. The number of hydrogen-bond donors (Lipinski definition) is 0. The lowest BCUT2D eigenvalue weighted by Crippen LogP contribution is -1.86. The molecule has 0 bridgehead atoms. The predicted molar refractivity (Wildman–Crippen MR) is 85.3 cm³/mol. The molecule has 0 fully saturated rings. The molecule has 19 heavy (non-hydrogen) atoms. The molecule has 0 saturated carbocycles. The van der Waals surface area contributed by atoms with Gasteiger partial charge in [0.25, 0.3) is 0 Å². The van der Waals surface area contributed by atoms with Gasteiger partial charge in [0, 0.05) is 4.90 Å². The number of benzene rings is 2. The van der Waals surface area contributed by atoms with Gasteiger partial charge < -0.3 is 0 Å². The van der Waals surface area contributed by atoms with E-state index >= 15 is 0 Å². The van der Waals surface area contributed by atoms with Gasteiger partial charge in [-0.2, -0.15) is 0 Å². The van der Waals surface area contributed by atoms with Crippen LogP contribution in [-0.2, 0) is 0 Å². The van der Waals surface area contributed by atoms with Gasteiger partial charge in [0.2, 0.25) is 0 Å². The minimum absolute atomic E-state index is 1.21. The maximum Gasteiger partial charge on any atom is 0.00751 e. The van der Waals surface area contributed by atoms with Gasteiger partial charge in [0.1, 0.15) is 0 Å². The lowest BCUT2D eigenvalue weighted by molar-refractivity contribution is 0.941. The first-order chi connectivity index (χ1) is 9.38. The van der Waals surface area contributed by atoms with Gasteiger partial charge in [-0.05, 0) is 59.9 Å². The summed E-state index contributed by atoms with van der Waals surface area (Å²) in [5.41, 5.74) is 5.88. The minimum atomic E-state index is 1.21. The third-order valence-electron chi connectivity index (χ3n) is 3.76. The molecule has 3 rings (SSSR count). The molecule has 0 nitrogen and oxygen atoms in total. The van der Waals surface area contributed by atoms with E-state index in [2.05, 4.69) is 60.9 Å². The second kappa shape index (κ2) is 5.66. The Bertz CT molecular complexity index is 596. The van der Waals surface area contributed by atoms with Gasteiger partial charge in [0.05, 0.1) is 0 Å². The molecule has 1 heteroatoms. The highest BCUT2D eigenvalue weighted by atomic mass is 32.2. The summed E-state index contributed by atoms with van der Waals surface area (Å²) in [5, 5.41) is 0. The highest BCUT2D eigenvalue weighted by Gasteiger charge is 2.17. The molecule has 0 radical (unpaired) electrons. The average molecular weight is 266 g/mol. The Morgan fingerprint density at radius 2 is 1.47 bits per heavy atom. The largest absolute Gasteiger partial charge is 0.130 e. The summed E-state index contributed by atoms with van der Waals surface area (Å²) in [6.45, 7) is 0. The maximum atomic E-state index is 2.33. The Hall–Kier alpha value is -1.47. The number of hydrogen-bond acceptors (Lipinski definition) is 1. The van der Waals surface area contributed by atoms with Gasteiger partial charge >= 0.3 is 0 Å². The summed E-state index contributed by atoms with van der Waals surface area (Å²) in [7, 11) is 0. The molecule has 0 heterocycles. The normalized spacial score (nSPS) is 15.0. The molecule has 0 spiro atoms. The molecule has 2 aromatic carbocycles. The lowest BCUT2D eigenvalue weighted by Gasteiger charge is -2.09. The number of thioether (sulfide) groups is 1. The standard InChI is InChI=1S/C18H18S/c1-19-16-10-5-9-15(13-16)18-12-6-11-17(18)14-7-3-2-4-8-14/h2-5,7-10,13H,6,11-12H2,1H3. The molecular weight excluding hydrogens is 248 g/mol. The van der Waals surface area contributed by atoms with Gasteiger partial charge in [-0.25, -0.2) is 0 Å². The van der Waals surface area contributed by atoms with Gasteiger partial charge in [0.15, 0.2) is 0 Å². The topological polar surface area (TPSA) is 0 Å². The molecule has 0 amide bonds. The molecule has 1 aliphatic carbocycles. The van der Waals surface area contributed by atoms with Gasteiger partial charge in [-0.1, -0.05) is 42.5 Å². The van der Waals surface area contributed by atoms with Crippen LogP contribution in [0, 0.1) is 0 Å². The van der Waals surface area contributed by atoms with Crippen molar-refractivity contribution in [3.05, 3.63) is 65.7 Å². The van der Waals surface area contributed by atoms with E-state index in [-0.39, 0.29) is 0 Å². The van der Waals surface area contributed by atoms with Crippen molar-refractivity contribution in [2.24, 2.45) is 0 Å². The fourth-order valence-electron chi connectivity index (χ4n) is 2.83. The molecule has 0 N–H and O–H groups in total. The Morgan fingerprint density at radius 1 is 0.789 bits per heavy atom. The molecule has 96 valence electrons. The van der Waals surface area contributed by atoms with Crippen LogP contribution in [0.2, 0.25) is 0 Å². The zero-order valence-corrected chi connectivity index (χ0v) is 12.0. The van der Waals surface area contributed by atoms with Crippen molar-refractivity contribution in [3.63, 3.8) is 0 Å². The van der Waals surface area contributed by atoms with Crippen molar-refractivity contribution in [2.75, 3.05) is 6.26 Å². The van der Waals surface area contributed by atoms with Crippen LogP contribution in [0.15, 0.2) is 59.5 Å². The van der Waals surface area contributed by atoms with Crippen molar-refractivity contribution in [2.45, 2.75) is 24.2 Å². The van der Waals surface area contributed by atoms with E-state index in [1.807, 2.05) is 11.8 Å². The Kier molecular flexibility index (Phi) is 3.74. The van der Waals surface area contributed by atoms with E-state index in [1.54, 1.807) is 11.1 Å². The van der Waals surface area contributed by atoms with Gasteiger partial charge in [-0.15, -0.1) is 11.8 Å². The Labute approximate surface area is 119 Å². The fourth-order valence-corrected chi connectivity index (χ4v) is 3.29. The molecule has 0 aliphatic heterocycles. The average Bonchev–Trinajstić information content (AvgIpc) is 2.98. The Morgan fingerprint density at radius 3 is 2.21 bits per heavy atom.